The van der Waals surface area contributed by atoms with Crippen LogP contribution in [0.2, 0.25) is 0 Å². The van der Waals surface area contributed by atoms with E-state index in [2.05, 4.69) is 10.6 Å². The average molecular weight is 415 g/mol. The third-order valence-electron chi connectivity index (χ3n) is 3.97. The molecular formula is C22H26N2O4S. The number of para-hydroxylation sites is 1. The highest BCUT2D eigenvalue weighted by Gasteiger charge is 2.21. The van der Waals surface area contributed by atoms with E-state index in [1.54, 1.807) is 30.3 Å². The zero-order valence-electron chi connectivity index (χ0n) is 17.0. The minimum absolute atomic E-state index is 0.0518. The quantitative estimate of drug-likeness (QED) is 0.507. The SMILES string of the molecule is Cc1ccccc1NC(=O)C(C)OC(=O)c1ccccc1SCC(=O)NC(C)C. The van der Waals surface area contributed by atoms with Gasteiger partial charge >= 0.3 is 5.97 Å². The van der Waals surface area contributed by atoms with E-state index in [4.69, 9.17) is 4.74 Å². The molecule has 0 fully saturated rings. The van der Waals surface area contributed by atoms with Crippen molar-refractivity contribution in [2.45, 2.75) is 44.7 Å². The summed E-state index contributed by atoms with van der Waals surface area (Å²) in [5.74, 6) is -0.941. The molecule has 0 aliphatic rings. The first-order valence-electron chi connectivity index (χ1n) is 9.36. The Morgan fingerprint density at radius 3 is 2.34 bits per heavy atom. The summed E-state index contributed by atoms with van der Waals surface area (Å²) in [6.07, 6.45) is -0.968. The van der Waals surface area contributed by atoms with Crippen molar-refractivity contribution in [3.05, 3.63) is 59.7 Å². The van der Waals surface area contributed by atoms with Crippen LogP contribution in [0, 0.1) is 6.92 Å². The summed E-state index contributed by atoms with van der Waals surface area (Å²) in [5, 5.41) is 5.57. The molecule has 0 saturated carbocycles. The van der Waals surface area contributed by atoms with Crippen LogP contribution < -0.4 is 10.6 Å². The molecule has 2 N–H and O–H groups in total. The Morgan fingerprint density at radius 1 is 1.00 bits per heavy atom. The molecule has 0 radical (unpaired) electrons. The number of thioether (sulfide) groups is 1. The van der Waals surface area contributed by atoms with E-state index in [9.17, 15) is 14.4 Å². The number of carbonyl (C=O) groups excluding carboxylic acids is 3. The lowest BCUT2D eigenvalue weighted by Crippen LogP contribution is -2.31. The molecule has 2 aromatic carbocycles. The van der Waals surface area contributed by atoms with Gasteiger partial charge in [-0.1, -0.05) is 30.3 Å². The first-order chi connectivity index (χ1) is 13.8. The number of hydrogen-bond acceptors (Lipinski definition) is 5. The van der Waals surface area contributed by atoms with Crippen LogP contribution in [0.25, 0.3) is 0 Å². The van der Waals surface area contributed by atoms with Gasteiger partial charge in [-0.3, -0.25) is 9.59 Å². The van der Waals surface area contributed by atoms with E-state index < -0.39 is 18.0 Å². The third-order valence-corrected chi connectivity index (χ3v) is 5.04. The van der Waals surface area contributed by atoms with Crippen LogP contribution in [0.15, 0.2) is 53.4 Å². The summed E-state index contributed by atoms with van der Waals surface area (Å²) in [5.41, 5.74) is 1.92. The molecule has 1 atom stereocenters. The van der Waals surface area contributed by atoms with Gasteiger partial charge in [0.25, 0.3) is 5.91 Å². The van der Waals surface area contributed by atoms with Crippen LogP contribution in [0.5, 0.6) is 0 Å². The van der Waals surface area contributed by atoms with Crippen molar-refractivity contribution in [2.24, 2.45) is 0 Å². The fraction of sp³-hybridized carbons (Fsp3) is 0.318. The maximum atomic E-state index is 12.6. The van der Waals surface area contributed by atoms with Gasteiger partial charge in [-0.2, -0.15) is 0 Å². The Labute approximate surface area is 175 Å². The monoisotopic (exact) mass is 414 g/mol. The second-order valence-electron chi connectivity index (χ2n) is 6.86. The van der Waals surface area contributed by atoms with Gasteiger partial charge in [0.15, 0.2) is 6.10 Å². The molecule has 7 heteroatoms. The topological polar surface area (TPSA) is 84.5 Å². The number of rotatable bonds is 8. The number of benzene rings is 2. The molecule has 1 unspecified atom stereocenters. The highest BCUT2D eigenvalue weighted by molar-refractivity contribution is 8.00. The largest absolute Gasteiger partial charge is 0.449 e. The second kappa shape index (κ2) is 10.7. The minimum atomic E-state index is -0.968. The smallest absolute Gasteiger partial charge is 0.340 e. The molecule has 0 heterocycles. The van der Waals surface area contributed by atoms with Crippen molar-refractivity contribution >= 4 is 35.2 Å². The molecule has 29 heavy (non-hydrogen) atoms. The Balaban J connectivity index is 2.00. The fourth-order valence-corrected chi connectivity index (χ4v) is 3.34. The van der Waals surface area contributed by atoms with Crippen LogP contribution >= 0.6 is 11.8 Å². The molecule has 0 bridgehead atoms. The Bertz CT molecular complexity index is 883. The van der Waals surface area contributed by atoms with Crippen molar-refractivity contribution in [2.75, 3.05) is 11.1 Å². The van der Waals surface area contributed by atoms with Crippen molar-refractivity contribution in [3.8, 4) is 0 Å². The molecular weight excluding hydrogens is 388 g/mol. The first-order valence-corrected chi connectivity index (χ1v) is 10.3. The van der Waals surface area contributed by atoms with Crippen LogP contribution in [-0.4, -0.2) is 35.7 Å². The van der Waals surface area contributed by atoms with Gasteiger partial charge in [0.1, 0.15) is 0 Å². The molecule has 2 rings (SSSR count). The maximum absolute atomic E-state index is 12.6. The fourth-order valence-electron chi connectivity index (χ4n) is 2.49. The highest BCUT2D eigenvalue weighted by Crippen LogP contribution is 2.24. The summed E-state index contributed by atoms with van der Waals surface area (Å²) in [7, 11) is 0. The summed E-state index contributed by atoms with van der Waals surface area (Å²) in [4.78, 5) is 37.5. The van der Waals surface area contributed by atoms with Gasteiger partial charge in [-0.25, -0.2) is 4.79 Å². The number of esters is 1. The molecule has 154 valence electrons. The Kier molecular flexibility index (Phi) is 8.27. The third kappa shape index (κ3) is 6.94. The molecule has 0 aliphatic heterocycles. The van der Waals surface area contributed by atoms with Crippen LogP contribution in [0.1, 0.15) is 36.7 Å². The summed E-state index contributed by atoms with van der Waals surface area (Å²) >= 11 is 1.25. The molecule has 0 aromatic heterocycles. The van der Waals surface area contributed by atoms with E-state index >= 15 is 0 Å². The molecule has 6 nitrogen and oxygen atoms in total. The lowest BCUT2D eigenvalue weighted by atomic mass is 10.2. The highest BCUT2D eigenvalue weighted by atomic mass is 32.2. The maximum Gasteiger partial charge on any atom is 0.340 e. The molecule has 2 aromatic rings. The van der Waals surface area contributed by atoms with Crippen molar-refractivity contribution in [1.29, 1.82) is 0 Å². The number of aryl methyl sites for hydroxylation is 1. The van der Waals surface area contributed by atoms with E-state index in [0.717, 1.165) is 5.56 Å². The van der Waals surface area contributed by atoms with Crippen molar-refractivity contribution in [1.82, 2.24) is 5.32 Å². The summed E-state index contributed by atoms with van der Waals surface area (Å²) in [6, 6.07) is 14.3. The second-order valence-corrected chi connectivity index (χ2v) is 7.88. The summed E-state index contributed by atoms with van der Waals surface area (Å²) in [6.45, 7) is 7.18. The van der Waals surface area contributed by atoms with Gasteiger partial charge in [0.05, 0.1) is 11.3 Å². The van der Waals surface area contributed by atoms with Gasteiger partial charge in [-0.05, 0) is 51.5 Å². The van der Waals surface area contributed by atoms with E-state index in [1.165, 1.54) is 18.7 Å². The number of anilines is 1. The number of nitrogens with one attached hydrogen (secondary N) is 2. The van der Waals surface area contributed by atoms with E-state index in [1.807, 2.05) is 39.0 Å². The van der Waals surface area contributed by atoms with Gasteiger partial charge in [0, 0.05) is 16.6 Å². The predicted octanol–water partition coefficient (Wildman–Crippen LogP) is 3.80. The molecule has 2 amide bonds. The van der Waals surface area contributed by atoms with Crippen molar-refractivity contribution in [3.63, 3.8) is 0 Å². The minimum Gasteiger partial charge on any atom is -0.449 e. The van der Waals surface area contributed by atoms with E-state index in [0.29, 0.717) is 16.1 Å². The lowest BCUT2D eigenvalue weighted by Gasteiger charge is -2.16. The normalized spacial score (nSPS) is 11.6. The lowest BCUT2D eigenvalue weighted by molar-refractivity contribution is -0.123. The Morgan fingerprint density at radius 2 is 1.66 bits per heavy atom. The zero-order valence-corrected chi connectivity index (χ0v) is 17.8. The van der Waals surface area contributed by atoms with E-state index in [-0.39, 0.29) is 17.7 Å². The average Bonchev–Trinajstić information content (AvgIpc) is 2.67. The number of hydrogen-bond donors (Lipinski definition) is 2. The van der Waals surface area contributed by atoms with Crippen molar-refractivity contribution < 1.29 is 19.1 Å². The molecule has 0 spiro atoms. The first kappa shape index (κ1) is 22.5. The predicted molar refractivity (Wildman–Crippen MR) is 115 cm³/mol. The van der Waals surface area contributed by atoms with Crippen LogP contribution in [-0.2, 0) is 14.3 Å². The van der Waals surface area contributed by atoms with Gasteiger partial charge in [-0.15, -0.1) is 11.8 Å². The Hall–Kier alpha value is -2.80. The number of amides is 2. The standard InChI is InChI=1S/C22H26N2O4S/c1-14(2)23-20(25)13-29-19-12-8-6-10-17(19)22(27)28-16(4)21(26)24-18-11-7-5-9-15(18)3/h5-12,14,16H,13H2,1-4H3,(H,23,25)(H,24,26). The van der Waals surface area contributed by atoms with Gasteiger partial charge < -0.3 is 15.4 Å². The van der Waals surface area contributed by atoms with Crippen LogP contribution in [0.4, 0.5) is 5.69 Å². The summed E-state index contributed by atoms with van der Waals surface area (Å²) < 4.78 is 5.36. The van der Waals surface area contributed by atoms with Gasteiger partial charge in [0.2, 0.25) is 5.91 Å². The number of ether oxygens (including phenoxy) is 1. The number of carbonyl (C=O) groups is 3. The zero-order chi connectivity index (χ0) is 21.4. The van der Waals surface area contributed by atoms with Crippen LogP contribution in [0.3, 0.4) is 0 Å². The molecule has 0 aliphatic carbocycles. The molecule has 0 saturated heterocycles.